The number of Topliss-reactive ketones (excluding diaryl/α,β-unsaturated/α-hetero) is 1. The summed E-state index contributed by atoms with van der Waals surface area (Å²) in [5.74, 6) is -0.844. The first-order valence-electron chi connectivity index (χ1n) is 7.96. The molecule has 0 aliphatic carbocycles. The zero-order valence-electron chi connectivity index (χ0n) is 14.2. The van der Waals surface area contributed by atoms with Gasteiger partial charge in [-0.25, -0.2) is 4.79 Å². The molecule has 0 bridgehead atoms. The third-order valence-corrected chi connectivity index (χ3v) is 5.12. The van der Waals surface area contributed by atoms with Crippen molar-refractivity contribution < 1.29 is 28.8 Å². The number of nitrogens with one attached hydrogen (secondary N) is 2. The number of thiophene rings is 1. The Hall–Kier alpha value is -1.77. The van der Waals surface area contributed by atoms with Crippen molar-refractivity contribution in [2.45, 2.75) is 20.8 Å². The average Bonchev–Trinajstić information content (AvgIpc) is 2.85. The van der Waals surface area contributed by atoms with Crippen molar-refractivity contribution >= 4 is 34.0 Å². The van der Waals surface area contributed by atoms with Crippen LogP contribution < -0.4 is 10.2 Å². The van der Waals surface area contributed by atoms with Gasteiger partial charge >= 0.3 is 5.97 Å². The van der Waals surface area contributed by atoms with Gasteiger partial charge in [0, 0.05) is 0 Å². The number of carbonyl (C=O) groups is 3. The Morgan fingerprint density at radius 1 is 1.29 bits per heavy atom. The minimum atomic E-state index is -0.521. The van der Waals surface area contributed by atoms with Crippen LogP contribution in [0.2, 0.25) is 0 Å². The summed E-state index contributed by atoms with van der Waals surface area (Å²) in [6.07, 6.45) is 0. The Labute approximate surface area is 144 Å². The topological polar surface area (TPSA) is 86.1 Å². The maximum Gasteiger partial charge on any atom is 0.341 e. The lowest BCUT2D eigenvalue weighted by Crippen LogP contribution is -3.15. The molecular formula is C16H23N2O5S+. The first kappa shape index (κ1) is 18.6. The SMILES string of the molecule is CCOC(=O)c1c(NC(=O)C[NH+]2CCOCC2)sc(C(C)=O)c1C. The van der Waals surface area contributed by atoms with Gasteiger partial charge in [0.1, 0.15) is 18.1 Å². The van der Waals surface area contributed by atoms with Gasteiger partial charge in [0.25, 0.3) is 5.91 Å². The van der Waals surface area contributed by atoms with E-state index in [1.807, 2.05) is 0 Å². The van der Waals surface area contributed by atoms with Crippen LogP contribution >= 0.6 is 11.3 Å². The molecule has 0 atom stereocenters. The highest BCUT2D eigenvalue weighted by molar-refractivity contribution is 7.18. The van der Waals surface area contributed by atoms with Crippen LogP contribution in [-0.4, -0.2) is 57.1 Å². The van der Waals surface area contributed by atoms with Crippen molar-refractivity contribution in [3.8, 4) is 0 Å². The van der Waals surface area contributed by atoms with Crippen molar-refractivity contribution in [3.63, 3.8) is 0 Å². The third kappa shape index (κ3) is 4.40. The number of rotatable bonds is 6. The number of morpholine rings is 1. The summed E-state index contributed by atoms with van der Waals surface area (Å²) in [5, 5.41) is 3.16. The normalized spacial score (nSPS) is 15.1. The average molecular weight is 355 g/mol. The standard InChI is InChI=1S/C16H22N2O5S/c1-4-23-16(21)13-10(2)14(11(3)19)24-15(13)17-12(20)9-18-5-7-22-8-6-18/h4-9H2,1-3H3,(H,17,20)/p+1. The molecule has 132 valence electrons. The number of hydrogen-bond donors (Lipinski definition) is 2. The fourth-order valence-electron chi connectivity index (χ4n) is 2.62. The van der Waals surface area contributed by atoms with E-state index in [2.05, 4.69) is 5.32 Å². The van der Waals surface area contributed by atoms with Gasteiger partial charge in [-0.3, -0.25) is 9.59 Å². The highest BCUT2D eigenvalue weighted by Gasteiger charge is 2.26. The largest absolute Gasteiger partial charge is 0.462 e. The molecular weight excluding hydrogens is 332 g/mol. The summed E-state index contributed by atoms with van der Waals surface area (Å²) in [4.78, 5) is 37.8. The van der Waals surface area contributed by atoms with Gasteiger partial charge in [0.2, 0.25) is 0 Å². The van der Waals surface area contributed by atoms with E-state index >= 15 is 0 Å². The Balaban J connectivity index is 2.18. The number of carbonyl (C=O) groups excluding carboxylic acids is 3. The van der Waals surface area contributed by atoms with E-state index in [0.717, 1.165) is 29.3 Å². The summed E-state index contributed by atoms with van der Waals surface area (Å²) in [7, 11) is 0. The molecule has 1 fully saturated rings. The van der Waals surface area contributed by atoms with Gasteiger partial charge in [-0.1, -0.05) is 0 Å². The highest BCUT2D eigenvalue weighted by Crippen LogP contribution is 2.33. The molecule has 1 aliphatic rings. The predicted octanol–water partition coefficient (Wildman–Crippen LogP) is 0.289. The van der Waals surface area contributed by atoms with E-state index in [1.54, 1.807) is 13.8 Å². The van der Waals surface area contributed by atoms with E-state index in [9.17, 15) is 14.4 Å². The van der Waals surface area contributed by atoms with Crippen LogP contribution in [0.4, 0.5) is 5.00 Å². The molecule has 2 heterocycles. The van der Waals surface area contributed by atoms with Gasteiger partial charge in [0.15, 0.2) is 12.3 Å². The first-order valence-corrected chi connectivity index (χ1v) is 8.78. The molecule has 7 nitrogen and oxygen atoms in total. The molecule has 1 aromatic heterocycles. The highest BCUT2D eigenvalue weighted by atomic mass is 32.1. The van der Waals surface area contributed by atoms with Crippen LogP contribution in [0.1, 0.15) is 39.4 Å². The second-order valence-electron chi connectivity index (χ2n) is 5.62. The molecule has 1 saturated heterocycles. The molecule has 0 unspecified atom stereocenters. The van der Waals surface area contributed by atoms with Crippen LogP contribution in [0.25, 0.3) is 0 Å². The maximum absolute atomic E-state index is 12.3. The predicted molar refractivity (Wildman–Crippen MR) is 90.0 cm³/mol. The second kappa shape index (κ2) is 8.36. The van der Waals surface area contributed by atoms with Gasteiger partial charge in [-0.15, -0.1) is 11.3 Å². The Morgan fingerprint density at radius 2 is 1.96 bits per heavy atom. The van der Waals surface area contributed by atoms with Crippen LogP contribution in [0, 0.1) is 6.92 Å². The summed E-state index contributed by atoms with van der Waals surface area (Å²) >= 11 is 1.12. The molecule has 2 N–H and O–H groups in total. The van der Waals surface area contributed by atoms with Crippen molar-refractivity contribution in [2.24, 2.45) is 0 Å². The molecule has 8 heteroatoms. The third-order valence-electron chi connectivity index (χ3n) is 3.81. The van der Waals surface area contributed by atoms with Gasteiger partial charge < -0.3 is 19.7 Å². The lowest BCUT2D eigenvalue weighted by molar-refractivity contribution is -0.899. The number of esters is 1. The lowest BCUT2D eigenvalue weighted by Gasteiger charge is -2.23. The van der Waals surface area contributed by atoms with E-state index in [-0.39, 0.29) is 23.9 Å². The number of quaternary nitrogens is 1. The van der Waals surface area contributed by atoms with Gasteiger partial charge in [0.05, 0.1) is 30.3 Å². The minimum absolute atomic E-state index is 0.137. The number of anilines is 1. The van der Waals surface area contributed by atoms with Gasteiger partial charge in [-0.05, 0) is 26.3 Å². The van der Waals surface area contributed by atoms with Crippen molar-refractivity contribution in [1.29, 1.82) is 0 Å². The molecule has 1 aromatic rings. The molecule has 0 radical (unpaired) electrons. The molecule has 0 spiro atoms. The zero-order valence-corrected chi connectivity index (χ0v) is 15.0. The lowest BCUT2D eigenvalue weighted by atomic mass is 10.1. The van der Waals surface area contributed by atoms with E-state index in [0.29, 0.717) is 35.2 Å². The van der Waals surface area contributed by atoms with Crippen molar-refractivity contribution in [3.05, 3.63) is 16.0 Å². The molecule has 1 amide bonds. The van der Waals surface area contributed by atoms with E-state index in [4.69, 9.17) is 9.47 Å². The monoisotopic (exact) mass is 355 g/mol. The number of amides is 1. The molecule has 0 aromatic carbocycles. The summed E-state index contributed by atoms with van der Waals surface area (Å²) in [6.45, 7) is 8.23. The zero-order chi connectivity index (χ0) is 17.7. The molecule has 1 aliphatic heterocycles. The number of ether oxygens (including phenoxy) is 2. The van der Waals surface area contributed by atoms with Gasteiger partial charge in [-0.2, -0.15) is 0 Å². The Morgan fingerprint density at radius 3 is 2.54 bits per heavy atom. The molecule has 24 heavy (non-hydrogen) atoms. The fourth-order valence-corrected chi connectivity index (χ4v) is 3.73. The maximum atomic E-state index is 12.3. The Bertz CT molecular complexity index is 635. The summed E-state index contributed by atoms with van der Waals surface area (Å²) < 4.78 is 10.3. The number of ketones is 1. The van der Waals surface area contributed by atoms with E-state index in [1.165, 1.54) is 6.92 Å². The quantitative estimate of drug-likeness (QED) is 0.566. The number of hydrogen-bond acceptors (Lipinski definition) is 6. The van der Waals surface area contributed by atoms with Crippen LogP contribution in [0.3, 0.4) is 0 Å². The summed E-state index contributed by atoms with van der Waals surface area (Å²) in [5.41, 5.74) is 0.831. The second-order valence-corrected chi connectivity index (χ2v) is 6.64. The first-order chi connectivity index (χ1) is 11.4. The summed E-state index contributed by atoms with van der Waals surface area (Å²) in [6, 6.07) is 0. The fraction of sp³-hybridized carbons (Fsp3) is 0.562. The van der Waals surface area contributed by atoms with Crippen molar-refractivity contribution in [2.75, 3.05) is 44.8 Å². The minimum Gasteiger partial charge on any atom is -0.462 e. The molecule has 2 rings (SSSR count). The van der Waals surface area contributed by atoms with Crippen LogP contribution in [0.15, 0.2) is 0 Å². The van der Waals surface area contributed by atoms with Crippen molar-refractivity contribution in [1.82, 2.24) is 0 Å². The van der Waals surface area contributed by atoms with Crippen LogP contribution in [-0.2, 0) is 14.3 Å². The van der Waals surface area contributed by atoms with Crippen LogP contribution in [0.5, 0.6) is 0 Å². The van der Waals surface area contributed by atoms with E-state index < -0.39 is 5.97 Å². The molecule has 0 saturated carbocycles. The smallest absolute Gasteiger partial charge is 0.341 e. The Kier molecular flexibility index (Phi) is 6.47.